The van der Waals surface area contributed by atoms with E-state index in [1.54, 1.807) is 0 Å². The summed E-state index contributed by atoms with van der Waals surface area (Å²) in [6.07, 6.45) is 3.37. The van der Waals surface area contributed by atoms with Gasteiger partial charge in [0.1, 0.15) is 5.75 Å². The van der Waals surface area contributed by atoms with Crippen LogP contribution >= 0.6 is 0 Å². The number of nitrogens with one attached hydrogen (secondary N) is 1. The molecule has 1 N–H and O–H groups in total. The van der Waals surface area contributed by atoms with E-state index in [9.17, 15) is 0 Å². The molecule has 0 spiro atoms. The highest BCUT2D eigenvalue weighted by molar-refractivity contribution is 5.33. The molecule has 0 bridgehead atoms. The van der Waals surface area contributed by atoms with Crippen molar-refractivity contribution in [3.05, 3.63) is 29.8 Å². The Morgan fingerprint density at radius 3 is 2.79 bits per heavy atom. The Bertz CT molecular complexity index is 471. The summed E-state index contributed by atoms with van der Waals surface area (Å²) in [5.74, 6) is 1.01. The molecular weight excluding hydrogens is 304 g/mol. The fourth-order valence-corrected chi connectivity index (χ4v) is 3.18. The molecule has 0 radical (unpaired) electrons. The summed E-state index contributed by atoms with van der Waals surface area (Å²) in [6.45, 7) is 8.37. The molecule has 0 aromatic heterocycles. The average Bonchev–Trinajstić information content (AvgIpc) is 3.15. The minimum atomic E-state index is 0.478. The van der Waals surface area contributed by atoms with Crippen molar-refractivity contribution in [1.29, 1.82) is 0 Å². The van der Waals surface area contributed by atoms with Crippen LogP contribution < -0.4 is 10.1 Å². The topological polar surface area (TPSA) is 43.0 Å². The number of unbranched alkanes of at least 4 members (excludes halogenated alkanes) is 1. The smallest absolute Gasteiger partial charge is 0.123 e. The standard InChI is InChI=1S/C19H30N2O3/c1-2-6-19(17(5-1)15-20-18-7-12-23-16-18)24-11-4-3-8-21-9-13-22-14-10-21/h1-2,5-6,18,20H,3-4,7-16H2/t18-/m1/s1. The number of benzene rings is 1. The van der Waals surface area contributed by atoms with Gasteiger partial charge in [0.05, 0.1) is 26.4 Å². The molecule has 2 aliphatic heterocycles. The van der Waals surface area contributed by atoms with Crippen LogP contribution in [0, 0.1) is 0 Å². The minimum Gasteiger partial charge on any atom is -0.493 e. The largest absolute Gasteiger partial charge is 0.493 e. The first kappa shape index (κ1) is 17.7. The third-order valence-electron chi connectivity index (χ3n) is 4.71. The lowest BCUT2D eigenvalue weighted by molar-refractivity contribution is 0.0368. The highest BCUT2D eigenvalue weighted by Crippen LogP contribution is 2.19. The van der Waals surface area contributed by atoms with Gasteiger partial charge in [0, 0.05) is 37.8 Å². The van der Waals surface area contributed by atoms with Crippen LogP contribution in [0.25, 0.3) is 0 Å². The van der Waals surface area contributed by atoms with Gasteiger partial charge in [-0.1, -0.05) is 18.2 Å². The zero-order chi connectivity index (χ0) is 16.5. The SMILES string of the molecule is c1ccc(OCCCCN2CCOCC2)c(CN[C@@H]2CCOC2)c1. The monoisotopic (exact) mass is 334 g/mol. The van der Waals surface area contributed by atoms with E-state index in [0.717, 1.165) is 77.8 Å². The molecule has 0 amide bonds. The maximum atomic E-state index is 6.03. The summed E-state index contributed by atoms with van der Waals surface area (Å²) in [4.78, 5) is 2.48. The molecule has 1 aromatic rings. The molecule has 0 saturated carbocycles. The van der Waals surface area contributed by atoms with Gasteiger partial charge in [-0.3, -0.25) is 4.90 Å². The summed E-state index contributed by atoms with van der Waals surface area (Å²) >= 11 is 0. The van der Waals surface area contributed by atoms with Crippen molar-refractivity contribution < 1.29 is 14.2 Å². The van der Waals surface area contributed by atoms with Crippen LogP contribution in [0.15, 0.2) is 24.3 Å². The normalized spacial score (nSPS) is 21.9. The van der Waals surface area contributed by atoms with Gasteiger partial charge in [-0.15, -0.1) is 0 Å². The van der Waals surface area contributed by atoms with Gasteiger partial charge < -0.3 is 19.5 Å². The Labute approximate surface area is 145 Å². The van der Waals surface area contributed by atoms with Crippen molar-refractivity contribution in [3.63, 3.8) is 0 Å². The maximum absolute atomic E-state index is 6.03. The van der Waals surface area contributed by atoms with E-state index in [2.05, 4.69) is 28.4 Å². The first-order valence-corrected chi connectivity index (χ1v) is 9.24. The molecule has 134 valence electrons. The average molecular weight is 334 g/mol. The van der Waals surface area contributed by atoms with Gasteiger partial charge in [-0.25, -0.2) is 0 Å². The van der Waals surface area contributed by atoms with Crippen molar-refractivity contribution in [1.82, 2.24) is 10.2 Å². The number of hydrogen-bond acceptors (Lipinski definition) is 5. The van der Waals surface area contributed by atoms with E-state index >= 15 is 0 Å². The quantitative estimate of drug-likeness (QED) is 0.700. The van der Waals surface area contributed by atoms with E-state index in [1.165, 1.54) is 12.0 Å². The number of nitrogens with zero attached hydrogens (tertiary/aromatic N) is 1. The second kappa shape index (κ2) is 9.99. The van der Waals surface area contributed by atoms with Gasteiger partial charge in [-0.2, -0.15) is 0 Å². The van der Waals surface area contributed by atoms with Gasteiger partial charge >= 0.3 is 0 Å². The van der Waals surface area contributed by atoms with E-state index < -0.39 is 0 Å². The van der Waals surface area contributed by atoms with Crippen molar-refractivity contribution in [2.45, 2.75) is 31.8 Å². The molecule has 2 aliphatic rings. The van der Waals surface area contributed by atoms with Crippen molar-refractivity contribution in [2.24, 2.45) is 0 Å². The number of morpholine rings is 1. The molecule has 2 heterocycles. The van der Waals surface area contributed by atoms with E-state index in [1.807, 2.05) is 6.07 Å². The zero-order valence-electron chi connectivity index (χ0n) is 14.5. The lowest BCUT2D eigenvalue weighted by Crippen LogP contribution is -2.36. The predicted octanol–water partition coefficient (Wildman–Crippen LogP) is 2.06. The first-order valence-electron chi connectivity index (χ1n) is 9.24. The van der Waals surface area contributed by atoms with Crippen LogP contribution in [0.4, 0.5) is 0 Å². The van der Waals surface area contributed by atoms with Gasteiger partial charge in [0.25, 0.3) is 0 Å². The van der Waals surface area contributed by atoms with E-state index in [0.29, 0.717) is 6.04 Å². The molecule has 24 heavy (non-hydrogen) atoms. The van der Waals surface area contributed by atoms with Crippen LogP contribution in [0.1, 0.15) is 24.8 Å². The summed E-state index contributed by atoms with van der Waals surface area (Å²) < 4.78 is 16.8. The predicted molar refractivity (Wildman–Crippen MR) is 94.5 cm³/mol. The summed E-state index contributed by atoms with van der Waals surface area (Å²) in [6, 6.07) is 8.82. The van der Waals surface area contributed by atoms with E-state index in [-0.39, 0.29) is 0 Å². The van der Waals surface area contributed by atoms with Crippen LogP contribution in [0.2, 0.25) is 0 Å². The Balaban J connectivity index is 1.35. The first-order chi connectivity index (χ1) is 11.9. The third-order valence-corrected chi connectivity index (χ3v) is 4.71. The minimum absolute atomic E-state index is 0.478. The second-order valence-corrected chi connectivity index (χ2v) is 6.56. The Morgan fingerprint density at radius 1 is 1.08 bits per heavy atom. The number of hydrogen-bond donors (Lipinski definition) is 1. The van der Waals surface area contributed by atoms with Gasteiger partial charge in [-0.05, 0) is 31.9 Å². The number of para-hydroxylation sites is 1. The fourth-order valence-electron chi connectivity index (χ4n) is 3.18. The van der Waals surface area contributed by atoms with Crippen LogP contribution in [-0.2, 0) is 16.0 Å². The molecule has 5 nitrogen and oxygen atoms in total. The lowest BCUT2D eigenvalue weighted by atomic mass is 10.1. The Hall–Kier alpha value is -1.14. The second-order valence-electron chi connectivity index (χ2n) is 6.56. The fraction of sp³-hybridized carbons (Fsp3) is 0.684. The Morgan fingerprint density at radius 2 is 1.96 bits per heavy atom. The molecular formula is C19H30N2O3. The molecule has 0 aliphatic carbocycles. The van der Waals surface area contributed by atoms with Gasteiger partial charge in [0.15, 0.2) is 0 Å². The lowest BCUT2D eigenvalue weighted by Gasteiger charge is -2.26. The molecule has 2 saturated heterocycles. The zero-order valence-corrected chi connectivity index (χ0v) is 14.5. The number of ether oxygens (including phenoxy) is 3. The van der Waals surface area contributed by atoms with Crippen LogP contribution in [-0.4, -0.2) is 63.6 Å². The highest BCUT2D eigenvalue weighted by atomic mass is 16.5. The van der Waals surface area contributed by atoms with Crippen molar-refractivity contribution in [2.75, 3.05) is 52.7 Å². The maximum Gasteiger partial charge on any atom is 0.123 e. The van der Waals surface area contributed by atoms with Gasteiger partial charge in [0.2, 0.25) is 0 Å². The Kier molecular flexibility index (Phi) is 7.36. The summed E-state index contributed by atoms with van der Waals surface area (Å²) in [5.41, 5.74) is 1.23. The third kappa shape index (κ3) is 5.74. The van der Waals surface area contributed by atoms with Crippen molar-refractivity contribution >= 4 is 0 Å². The summed E-state index contributed by atoms with van der Waals surface area (Å²) in [5, 5.41) is 3.56. The number of rotatable bonds is 9. The molecule has 5 heteroatoms. The van der Waals surface area contributed by atoms with Crippen LogP contribution in [0.5, 0.6) is 5.75 Å². The highest BCUT2D eigenvalue weighted by Gasteiger charge is 2.15. The molecule has 0 unspecified atom stereocenters. The molecule has 1 atom stereocenters. The van der Waals surface area contributed by atoms with Crippen LogP contribution in [0.3, 0.4) is 0 Å². The van der Waals surface area contributed by atoms with E-state index in [4.69, 9.17) is 14.2 Å². The molecule has 3 rings (SSSR count). The van der Waals surface area contributed by atoms with Crippen molar-refractivity contribution in [3.8, 4) is 5.75 Å². The molecule has 2 fully saturated rings. The summed E-state index contributed by atoms with van der Waals surface area (Å²) in [7, 11) is 0. The molecule has 1 aromatic carbocycles.